The van der Waals surface area contributed by atoms with Crippen molar-refractivity contribution in [1.82, 2.24) is 0 Å². The highest BCUT2D eigenvalue weighted by Crippen LogP contribution is 2.55. The number of rotatable bonds is 0. The van der Waals surface area contributed by atoms with Crippen molar-refractivity contribution in [2.45, 2.75) is 38.1 Å². The zero-order chi connectivity index (χ0) is 7.42. The summed E-state index contributed by atoms with van der Waals surface area (Å²) in [5.41, 5.74) is 5.98. The van der Waals surface area contributed by atoms with Crippen molar-refractivity contribution in [2.75, 3.05) is 0 Å². The van der Waals surface area contributed by atoms with E-state index in [4.69, 9.17) is 5.73 Å². The van der Waals surface area contributed by atoms with E-state index in [9.17, 15) is 0 Å². The van der Waals surface area contributed by atoms with E-state index in [1.165, 1.54) is 32.1 Å². The number of hydrogen-bond acceptors (Lipinski definition) is 1. The standard InChI is InChI=1S/C10H17N/c11-10-5-7-2-1-6-3-8(6)4-9(7)10/h6-10H,1-5,11H2. The third-order valence-electron chi connectivity index (χ3n) is 4.28. The summed E-state index contributed by atoms with van der Waals surface area (Å²) in [5, 5.41) is 0. The maximum Gasteiger partial charge on any atom is 0.00726 e. The van der Waals surface area contributed by atoms with E-state index in [0.29, 0.717) is 6.04 Å². The van der Waals surface area contributed by atoms with Crippen molar-refractivity contribution < 1.29 is 0 Å². The second-order valence-electron chi connectivity index (χ2n) is 4.89. The summed E-state index contributed by atoms with van der Waals surface area (Å²) in [7, 11) is 0. The van der Waals surface area contributed by atoms with Gasteiger partial charge in [0.2, 0.25) is 0 Å². The van der Waals surface area contributed by atoms with E-state index in [1.807, 2.05) is 0 Å². The van der Waals surface area contributed by atoms with E-state index in [-0.39, 0.29) is 0 Å². The van der Waals surface area contributed by atoms with Crippen molar-refractivity contribution >= 4 is 0 Å². The Morgan fingerprint density at radius 3 is 2.45 bits per heavy atom. The average molecular weight is 151 g/mol. The molecule has 0 aliphatic heterocycles. The van der Waals surface area contributed by atoms with Gasteiger partial charge in [-0.25, -0.2) is 0 Å². The molecule has 62 valence electrons. The van der Waals surface area contributed by atoms with Gasteiger partial charge in [-0.1, -0.05) is 0 Å². The lowest BCUT2D eigenvalue weighted by molar-refractivity contribution is 0.118. The second-order valence-corrected chi connectivity index (χ2v) is 4.89. The molecule has 0 spiro atoms. The number of hydrogen-bond donors (Lipinski definition) is 1. The lowest BCUT2D eigenvalue weighted by Gasteiger charge is -2.42. The monoisotopic (exact) mass is 151 g/mol. The fraction of sp³-hybridized carbons (Fsp3) is 1.00. The van der Waals surface area contributed by atoms with Crippen molar-refractivity contribution in [2.24, 2.45) is 29.4 Å². The van der Waals surface area contributed by atoms with Crippen LogP contribution >= 0.6 is 0 Å². The third kappa shape index (κ3) is 0.868. The first-order chi connectivity index (χ1) is 5.34. The lowest BCUT2D eigenvalue weighted by Crippen LogP contribution is -2.47. The molecule has 0 radical (unpaired) electrons. The largest absolute Gasteiger partial charge is 0.327 e. The molecule has 1 heteroatoms. The highest BCUT2D eigenvalue weighted by atomic mass is 14.7. The SMILES string of the molecule is NC1CC2CCC3CC3CC12. The Morgan fingerprint density at radius 1 is 0.818 bits per heavy atom. The first-order valence-electron chi connectivity index (χ1n) is 5.10. The zero-order valence-electron chi connectivity index (χ0n) is 7.00. The van der Waals surface area contributed by atoms with E-state index >= 15 is 0 Å². The third-order valence-corrected chi connectivity index (χ3v) is 4.28. The summed E-state index contributed by atoms with van der Waals surface area (Å²) in [4.78, 5) is 0. The summed E-state index contributed by atoms with van der Waals surface area (Å²) in [6, 6.07) is 0.583. The molecule has 2 N–H and O–H groups in total. The fourth-order valence-corrected chi connectivity index (χ4v) is 3.28. The Hall–Kier alpha value is -0.0400. The van der Waals surface area contributed by atoms with Crippen LogP contribution in [0.2, 0.25) is 0 Å². The van der Waals surface area contributed by atoms with Crippen molar-refractivity contribution in [1.29, 1.82) is 0 Å². The van der Waals surface area contributed by atoms with Gasteiger partial charge in [-0.15, -0.1) is 0 Å². The Kier molecular flexibility index (Phi) is 1.18. The van der Waals surface area contributed by atoms with Crippen molar-refractivity contribution in [3.63, 3.8) is 0 Å². The Bertz CT molecular complexity index is 178. The van der Waals surface area contributed by atoms with Gasteiger partial charge in [0, 0.05) is 6.04 Å². The van der Waals surface area contributed by atoms with Gasteiger partial charge < -0.3 is 5.73 Å². The first-order valence-corrected chi connectivity index (χ1v) is 5.10. The molecule has 0 heterocycles. The highest BCUT2D eigenvalue weighted by Gasteiger charge is 2.48. The van der Waals surface area contributed by atoms with Crippen LogP contribution in [0.5, 0.6) is 0 Å². The molecule has 5 unspecified atom stereocenters. The molecule has 3 saturated carbocycles. The van der Waals surface area contributed by atoms with Crippen LogP contribution in [0.1, 0.15) is 32.1 Å². The van der Waals surface area contributed by atoms with E-state index < -0.39 is 0 Å². The van der Waals surface area contributed by atoms with Crippen LogP contribution in [0.25, 0.3) is 0 Å². The van der Waals surface area contributed by atoms with Gasteiger partial charge in [-0.05, 0) is 55.8 Å². The minimum atomic E-state index is 0.583. The summed E-state index contributed by atoms with van der Waals surface area (Å²) in [6.07, 6.45) is 7.38. The molecule has 5 atom stereocenters. The van der Waals surface area contributed by atoms with Gasteiger partial charge in [0.1, 0.15) is 0 Å². The van der Waals surface area contributed by atoms with Gasteiger partial charge >= 0.3 is 0 Å². The van der Waals surface area contributed by atoms with Crippen LogP contribution in [-0.4, -0.2) is 6.04 Å². The van der Waals surface area contributed by atoms with Crippen LogP contribution in [0.3, 0.4) is 0 Å². The molecule has 1 nitrogen and oxygen atoms in total. The van der Waals surface area contributed by atoms with Crippen molar-refractivity contribution in [3.05, 3.63) is 0 Å². The maximum absolute atomic E-state index is 5.98. The summed E-state index contributed by atoms with van der Waals surface area (Å²) in [6.45, 7) is 0. The highest BCUT2D eigenvalue weighted by molar-refractivity contribution is 5.01. The Labute approximate surface area is 68.3 Å². The first kappa shape index (κ1) is 6.47. The average Bonchev–Trinajstić information content (AvgIpc) is 2.70. The Morgan fingerprint density at radius 2 is 1.64 bits per heavy atom. The quantitative estimate of drug-likeness (QED) is 0.561. The number of nitrogens with two attached hydrogens (primary N) is 1. The van der Waals surface area contributed by atoms with Gasteiger partial charge in [0.05, 0.1) is 0 Å². The second kappa shape index (κ2) is 2.01. The van der Waals surface area contributed by atoms with Gasteiger partial charge in [-0.3, -0.25) is 0 Å². The molecule has 0 saturated heterocycles. The molecule has 0 aromatic carbocycles. The Balaban J connectivity index is 1.73. The van der Waals surface area contributed by atoms with Crippen LogP contribution < -0.4 is 5.73 Å². The zero-order valence-corrected chi connectivity index (χ0v) is 7.00. The minimum Gasteiger partial charge on any atom is -0.327 e. The normalized spacial score (nSPS) is 60.3. The molecule has 0 aromatic heterocycles. The van der Waals surface area contributed by atoms with Crippen LogP contribution in [0.4, 0.5) is 0 Å². The smallest absolute Gasteiger partial charge is 0.00726 e. The number of fused-ring (bicyclic) bond motifs is 2. The molecule has 3 aliphatic carbocycles. The molecule has 3 aliphatic rings. The van der Waals surface area contributed by atoms with Gasteiger partial charge in [-0.2, -0.15) is 0 Å². The predicted molar refractivity (Wildman–Crippen MR) is 45.0 cm³/mol. The van der Waals surface area contributed by atoms with Crippen molar-refractivity contribution in [3.8, 4) is 0 Å². The molecule has 3 fully saturated rings. The fourth-order valence-electron chi connectivity index (χ4n) is 3.28. The minimum absolute atomic E-state index is 0.583. The molecule has 0 aromatic rings. The summed E-state index contributed by atoms with van der Waals surface area (Å²) >= 11 is 0. The van der Waals surface area contributed by atoms with E-state index in [0.717, 1.165) is 23.7 Å². The molecule has 0 amide bonds. The van der Waals surface area contributed by atoms with Gasteiger partial charge in [0.15, 0.2) is 0 Å². The molecular formula is C10H17N. The molecule has 0 bridgehead atoms. The van der Waals surface area contributed by atoms with Crippen LogP contribution in [0.15, 0.2) is 0 Å². The lowest BCUT2D eigenvalue weighted by atomic mass is 9.66. The maximum atomic E-state index is 5.98. The molecule has 3 rings (SSSR count). The molecule has 11 heavy (non-hydrogen) atoms. The topological polar surface area (TPSA) is 26.0 Å². The molecular weight excluding hydrogens is 134 g/mol. The van der Waals surface area contributed by atoms with E-state index in [2.05, 4.69) is 0 Å². The van der Waals surface area contributed by atoms with Crippen LogP contribution in [0, 0.1) is 23.7 Å². The summed E-state index contributed by atoms with van der Waals surface area (Å²) < 4.78 is 0. The predicted octanol–water partition coefficient (Wildman–Crippen LogP) is 1.77. The van der Waals surface area contributed by atoms with Crippen LogP contribution in [-0.2, 0) is 0 Å². The summed E-state index contributed by atoms with van der Waals surface area (Å²) in [5.74, 6) is 4.22. The van der Waals surface area contributed by atoms with Gasteiger partial charge in [0.25, 0.3) is 0 Å². The van der Waals surface area contributed by atoms with E-state index in [1.54, 1.807) is 0 Å².